The summed E-state index contributed by atoms with van der Waals surface area (Å²) in [4.78, 5) is 16.3. The summed E-state index contributed by atoms with van der Waals surface area (Å²) >= 11 is 0. The highest BCUT2D eigenvalue weighted by Gasteiger charge is 2.08. The molecule has 1 aromatic heterocycles. The molecule has 2 N–H and O–H groups in total. The second-order valence-corrected chi connectivity index (χ2v) is 6.30. The summed E-state index contributed by atoms with van der Waals surface area (Å²) in [6.45, 7) is 3.76. The largest absolute Gasteiger partial charge is 0.355 e. The molecule has 0 unspecified atom stereocenters. The van der Waals surface area contributed by atoms with Gasteiger partial charge in [0.2, 0.25) is 5.91 Å². The molecule has 0 bridgehead atoms. The fourth-order valence-electron chi connectivity index (χ4n) is 2.95. The lowest BCUT2D eigenvalue weighted by Crippen LogP contribution is -2.32. The van der Waals surface area contributed by atoms with E-state index in [9.17, 15) is 9.18 Å². The molecule has 0 saturated carbocycles. The quantitative estimate of drug-likeness (QED) is 0.603. The van der Waals surface area contributed by atoms with E-state index in [1.54, 1.807) is 12.1 Å². The Kier molecular flexibility index (Phi) is 6.33. The summed E-state index contributed by atoms with van der Waals surface area (Å²) in [6, 6.07) is 16.2. The van der Waals surface area contributed by atoms with Crippen LogP contribution in [0, 0.1) is 12.7 Å². The minimum atomic E-state index is -0.327. The minimum Gasteiger partial charge on any atom is -0.355 e. The van der Waals surface area contributed by atoms with Crippen molar-refractivity contribution in [1.29, 1.82) is 0 Å². The van der Waals surface area contributed by atoms with Gasteiger partial charge in [0.15, 0.2) is 0 Å². The molecule has 0 aliphatic carbocycles. The topological polar surface area (TPSA) is 59.0 Å². The van der Waals surface area contributed by atoms with Crippen LogP contribution in [0.5, 0.6) is 0 Å². The Hall–Kier alpha value is -2.99. The standard InChI is InChI=1S/C21H23FN4O/c1-16-25-15-20(26(16)19-8-3-2-4-9-19)14-23-10-11-24-21(27)13-17-6-5-7-18(22)12-17/h2-9,12,15,23H,10-11,13-14H2,1H3,(H,24,27). The maximum atomic E-state index is 13.1. The zero-order chi connectivity index (χ0) is 19.1. The maximum absolute atomic E-state index is 13.1. The number of halogens is 1. The van der Waals surface area contributed by atoms with Crippen LogP contribution in [0.15, 0.2) is 60.8 Å². The molecule has 1 heterocycles. The van der Waals surface area contributed by atoms with Crippen molar-refractivity contribution in [1.82, 2.24) is 20.2 Å². The van der Waals surface area contributed by atoms with E-state index >= 15 is 0 Å². The summed E-state index contributed by atoms with van der Waals surface area (Å²) in [7, 11) is 0. The number of carbonyl (C=O) groups excluding carboxylic acids is 1. The first-order valence-electron chi connectivity index (χ1n) is 8.94. The predicted octanol–water partition coefficient (Wildman–Crippen LogP) is 2.77. The van der Waals surface area contributed by atoms with Gasteiger partial charge in [-0.3, -0.25) is 9.36 Å². The zero-order valence-electron chi connectivity index (χ0n) is 15.3. The highest BCUT2D eigenvalue weighted by molar-refractivity contribution is 5.78. The number of imidazole rings is 1. The summed E-state index contributed by atoms with van der Waals surface area (Å²) < 4.78 is 15.2. The van der Waals surface area contributed by atoms with Gasteiger partial charge in [-0.1, -0.05) is 30.3 Å². The van der Waals surface area contributed by atoms with Crippen LogP contribution in [0.25, 0.3) is 5.69 Å². The van der Waals surface area contributed by atoms with Crippen molar-refractivity contribution in [3.8, 4) is 5.69 Å². The number of hydrogen-bond donors (Lipinski definition) is 2. The second-order valence-electron chi connectivity index (χ2n) is 6.30. The molecular weight excluding hydrogens is 343 g/mol. The summed E-state index contributed by atoms with van der Waals surface area (Å²) in [6.07, 6.45) is 2.04. The first-order chi connectivity index (χ1) is 13.1. The third kappa shape index (κ3) is 5.24. The lowest BCUT2D eigenvalue weighted by Gasteiger charge is -2.11. The van der Waals surface area contributed by atoms with Gasteiger partial charge in [-0.15, -0.1) is 0 Å². The first kappa shape index (κ1) is 18.8. The Labute approximate surface area is 158 Å². The number of nitrogens with one attached hydrogen (secondary N) is 2. The molecule has 0 radical (unpaired) electrons. The Balaban J connectivity index is 1.44. The van der Waals surface area contributed by atoms with Gasteiger partial charge < -0.3 is 10.6 Å². The molecule has 1 amide bonds. The van der Waals surface area contributed by atoms with Crippen molar-refractivity contribution in [3.63, 3.8) is 0 Å². The minimum absolute atomic E-state index is 0.118. The number of rotatable bonds is 8. The lowest BCUT2D eigenvalue weighted by molar-refractivity contribution is -0.120. The van der Waals surface area contributed by atoms with Crippen molar-refractivity contribution in [2.45, 2.75) is 19.9 Å². The number of carbonyl (C=O) groups is 1. The van der Waals surface area contributed by atoms with E-state index in [0.29, 0.717) is 25.2 Å². The molecule has 0 saturated heterocycles. The SMILES string of the molecule is Cc1ncc(CNCCNC(=O)Cc2cccc(F)c2)n1-c1ccccc1. The van der Waals surface area contributed by atoms with Crippen molar-refractivity contribution in [3.05, 3.63) is 83.7 Å². The molecule has 0 aliphatic heterocycles. The summed E-state index contributed by atoms with van der Waals surface area (Å²) in [5.74, 6) is 0.487. The molecule has 140 valence electrons. The molecule has 0 fully saturated rings. The normalized spacial score (nSPS) is 10.7. The van der Waals surface area contributed by atoms with Crippen LogP contribution in [-0.2, 0) is 17.8 Å². The van der Waals surface area contributed by atoms with Crippen LogP contribution in [0.3, 0.4) is 0 Å². The number of amides is 1. The second kappa shape index (κ2) is 9.09. The fourth-order valence-corrected chi connectivity index (χ4v) is 2.95. The lowest BCUT2D eigenvalue weighted by atomic mass is 10.1. The van der Waals surface area contributed by atoms with Crippen molar-refractivity contribution in [2.75, 3.05) is 13.1 Å². The smallest absolute Gasteiger partial charge is 0.224 e. The van der Waals surface area contributed by atoms with Crippen molar-refractivity contribution >= 4 is 5.91 Å². The number of para-hydroxylation sites is 1. The van der Waals surface area contributed by atoms with E-state index in [1.807, 2.05) is 43.5 Å². The van der Waals surface area contributed by atoms with Crippen molar-refractivity contribution in [2.24, 2.45) is 0 Å². The van der Waals surface area contributed by atoms with Gasteiger partial charge in [-0.05, 0) is 36.8 Å². The van der Waals surface area contributed by atoms with Crippen LogP contribution in [0.1, 0.15) is 17.1 Å². The van der Waals surface area contributed by atoms with Gasteiger partial charge in [-0.2, -0.15) is 0 Å². The highest BCUT2D eigenvalue weighted by Crippen LogP contribution is 2.14. The molecular formula is C21H23FN4O. The molecule has 2 aromatic carbocycles. The van der Waals surface area contributed by atoms with Crippen LogP contribution in [-0.4, -0.2) is 28.5 Å². The molecule has 27 heavy (non-hydrogen) atoms. The van der Waals surface area contributed by atoms with Gasteiger partial charge in [0.1, 0.15) is 11.6 Å². The third-order valence-electron chi connectivity index (χ3n) is 4.21. The van der Waals surface area contributed by atoms with E-state index in [4.69, 9.17) is 0 Å². The van der Waals surface area contributed by atoms with Crippen LogP contribution in [0.4, 0.5) is 4.39 Å². The average Bonchev–Trinajstić information content (AvgIpc) is 3.02. The molecule has 0 spiro atoms. The van der Waals surface area contributed by atoms with Gasteiger partial charge in [0, 0.05) is 25.3 Å². The highest BCUT2D eigenvalue weighted by atomic mass is 19.1. The summed E-state index contributed by atoms with van der Waals surface area (Å²) in [5, 5.41) is 6.16. The van der Waals surface area contributed by atoms with Crippen LogP contribution < -0.4 is 10.6 Å². The van der Waals surface area contributed by atoms with E-state index in [-0.39, 0.29) is 18.1 Å². The molecule has 5 nitrogen and oxygen atoms in total. The van der Waals surface area contributed by atoms with Crippen LogP contribution >= 0.6 is 0 Å². The van der Waals surface area contributed by atoms with E-state index < -0.39 is 0 Å². The number of nitrogens with zero attached hydrogens (tertiary/aromatic N) is 2. The molecule has 0 atom stereocenters. The Morgan fingerprint density at radius 2 is 1.93 bits per heavy atom. The predicted molar refractivity (Wildman–Crippen MR) is 103 cm³/mol. The van der Waals surface area contributed by atoms with E-state index in [2.05, 4.69) is 20.2 Å². The Morgan fingerprint density at radius 3 is 2.70 bits per heavy atom. The van der Waals surface area contributed by atoms with Crippen molar-refractivity contribution < 1.29 is 9.18 Å². The average molecular weight is 366 g/mol. The Morgan fingerprint density at radius 1 is 1.11 bits per heavy atom. The molecule has 3 rings (SSSR count). The van der Waals surface area contributed by atoms with Gasteiger partial charge in [-0.25, -0.2) is 9.37 Å². The first-order valence-corrected chi connectivity index (χ1v) is 8.94. The molecule has 3 aromatic rings. The van der Waals surface area contributed by atoms with Crippen LogP contribution in [0.2, 0.25) is 0 Å². The molecule has 6 heteroatoms. The zero-order valence-corrected chi connectivity index (χ0v) is 15.3. The number of aryl methyl sites for hydroxylation is 1. The van der Waals surface area contributed by atoms with E-state index in [1.165, 1.54) is 12.1 Å². The Bertz CT molecular complexity index is 892. The summed E-state index contributed by atoms with van der Waals surface area (Å²) in [5.41, 5.74) is 2.81. The van der Waals surface area contributed by atoms with Gasteiger partial charge in [0.25, 0.3) is 0 Å². The number of hydrogen-bond acceptors (Lipinski definition) is 3. The number of benzene rings is 2. The monoisotopic (exact) mass is 366 g/mol. The third-order valence-corrected chi connectivity index (χ3v) is 4.21. The molecule has 0 aliphatic rings. The van der Waals surface area contributed by atoms with Gasteiger partial charge >= 0.3 is 0 Å². The fraction of sp³-hybridized carbons (Fsp3) is 0.238. The van der Waals surface area contributed by atoms with Gasteiger partial charge in [0.05, 0.1) is 18.3 Å². The van der Waals surface area contributed by atoms with E-state index in [0.717, 1.165) is 17.2 Å². The maximum Gasteiger partial charge on any atom is 0.224 e. The number of aromatic nitrogens is 2.